The number of ether oxygens (including phenoxy) is 4. The normalized spacial score (nSPS) is 13.2. The number of nitrogens with one attached hydrogen (secondary N) is 2. The average molecular weight is 600 g/mol. The molecule has 2 amide bonds. The molecule has 1 aliphatic heterocycles. The van der Waals surface area contributed by atoms with Gasteiger partial charge in [0.05, 0.1) is 11.4 Å². The molecule has 0 radical (unpaired) electrons. The third kappa shape index (κ3) is 7.77. The number of anilines is 3. The van der Waals surface area contributed by atoms with Crippen molar-refractivity contribution in [1.29, 1.82) is 0 Å². The number of aromatic hydroxyl groups is 1. The number of rotatable bonds is 11. The summed E-state index contributed by atoms with van der Waals surface area (Å²) in [7, 11) is 0. The van der Waals surface area contributed by atoms with Gasteiger partial charge < -0.3 is 35.1 Å². The van der Waals surface area contributed by atoms with Crippen molar-refractivity contribution < 1.29 is 38.0 Å². The molecule has 0 spiro atoms. The fraction of sp³-hybridized carbons (Fsp3) is 0.152. The van der Waals surface area contributed by atoms with Gasteiger partial charge in [0.25, 0.3) is 0 Å². The number of benzene rings is 4. The first-order valence-electron chi connectivity index (χ1n) is 13.7. The van der Waals surface area contributed by atoms with Crippen molar-refractivity contribution in [2.75, 3.05) is 23.2 Å². The summed E-state index contributed by atoms with van der Waals surface area (Å²) >= 11 is 0. The number of para-hydroxylation sites is 3. The van der Waals surface area contributed by atoms with Gasteiger partial charge in [0.15, 0.2) is 29.2 Å². The maximum atomic E-state index is 14.5. The van der Waals surface area contributed by atoms with Crippen molar-refractivity contribution in [1.82, 2.24) is 0 Å². The Hall–Kier alpha value is -5.71. The number of phenols is 1. The standard InChI is InChI=1S/C33H30FN3O7/c34-24-18-21(14-16-27(24)38)32(44-33(40)36-22-15-17-28-30(19-22)42-20-41-28)29(43-23-8-2-1-3-9-23)12-6-7-13-31(39)37-26-11-5-4-10-25(26)35/h1-5,7-11,13-19,29,32,38H,6,12,20,35H2,(H,36,40)(H,37,39)/b13-7+/t29-,32-/m1/s1. The summed E-state index contributed by atoms with van der Waals surface area (Å²) in [5.74, 6) is -0.307. The zero-order chi connectivity index (χ0) is 30.9. The molecule has 5 rings (SSSR count). The van der Waals surface area contributed by atoms with Gasteiger partial charge in [0.1, 0.15) is 11.9 Å². The number of carbonyl (C=O) groups excluding carboxylic acids is 2. The van der Waals surface area contributed by atoms with Crippen molar-refractivity contribution in [3.05, 3.63) is 115 Å². The Balaban J connectivity index is 1.35. The Morgan fingerprint density at radius 2 is 1.73 bits per heavy atom. The van der Waals surface area contributed by atoms with Crippen LogP contribution in [-0.4, -0.2) is 30.0 Å². The number of allylic oxidation sites excluding steroid dienone is 1. The number of hydrogen-bond donors (Lipinski definition) is 4. The summed E-state index contributed by atoms with van der Waals surface area (Å²) in [6.07, 6.45) is 0.827. The highest BCUT2D eigenvalue weighted by Crippen LogP contribution is 2.35. The Morgan fingerprint density at radius 3 is 2.52 bits per heavy atom. The summed E-state index contributed by atoms with van der Waals surface area (Å²) in [6, 6.07) is 24.4. The minimum atomic E-state index is -1.12. The van der Waals surface area contributed by atoms with Crippen LogP contribution in [0, 0.1) is 5.82 Å². The lowest BCUT2D eigenvalue weighted by Crippen LogP contribution is -2.31. The summed E-state index contributed by atoms with van der Waals surface area (Å²) < 4.78 is 37.3. The monoisotopic (exact) mass is 599 g/mol. The number of carbonyl (C=O) groups is 2. The van der Waals surface area contributed by atoms with Crippen LogP contribution in [0.2, 0.25) is 0 Å². The van der Waals surface area contributed by atoms with Crippen molar-refractivity contribution in [2.24, 2.45) is 0 Å². The van der Waals surface area contributed by atoms with Gasteiger partial charge in [0.2, 0.25) is 12.7 Å². The molecule has 44 heavy (non-hydrogen) atoms. The maximum Gasteiger partial charge on any atom is 0.412 e. The van der Waals surface area contributed by atoms with E-state index < -0.39 is 29.9 Å². The average Bonchev–Trinajstić information content (AvgIpc) is 3.49. The Kier molecular flexibility index (Phi) is 9.45. The largest absolute Gasteiger partial charge is 0.505 e. The molecule has 4 aromatic rings. The molecule has 10 nitrogen and oxygen atoms in total. The van der Waals surface area contributed by atoms with E-state index in [0.717, 1.165) is 6.07 Å². The van der Waals surface area contributed by atoms with Crippen LogP contribution in [0.15, 0.2) is 103 Å². The molecule has 1 heterocycles. The molecule has 0 bridgehead atoms. The van der Waals surface area contributed by atoms with E-state index in [1.54, 1.807) is 72.8 Å². The van der Waals surface area contributed by atoms with Crippen LogP contribution < -0.4 is 30.6 Å². The topological polar surface area (TPSA) is 141 Å². The van der Waals surface area contributed by atoms with Gasteiger partial charge in [-0.05, 0) is 73.0 Å². The second-order valence-electron chi connectivity index (χ2n) is 9.76. The molecule has 5 N–H and O–H groups in total. The number of fused-ring (bicyclic) bond motifs is 1. The van der Waals surface area contributed by atoms with E-state index in [4.69, 9.17) is 24.7 Å². The molecule has 11 heteroatoms. The Morgan fingerprint density at radius 1 is 0.955 bits per heavy atom. The van der Waals surface area contributed by atoms with E-state index >= 15 is 0 Å². The summed E-state index contributed by atoms with van der Waals surface area (Å²) in [6.45, 7) is 0.0760. The molecule has 2 atom stereocenters. The van der Waals surface area contributed by atoms with Gasteiger partial charge in [-0.25, -0.2) is 9.18 Å². The predicted octanol–water partition coefficient (Wildman–Crippen LogP) is 6.55. The Bertz CT molecular complexity index is 1650. The van der Waals surface area contributed by atoms with Crippen LogP contribution in [0.3, 0.4) is 0 Å². The highest BCUT2D eigenvalue weighted by atomic mass is 19.1. The molecular formula is C33H30FN3O7. The van der Waals surface area contributed by atoms with Gasteiger partial charge in [0, 0.05) is 11.8 Å². The van der Waals surface area contributed by atoms with Crippen LogP contribution >= 0.6 is 0 Å². The van der Waals surface area contributed by atoms with E-state index in [2.05, 4.69) is 10.6 Å². The predicted molar refractivity (Wildman–Crippen MR) is 162 cm³/mol. The molecular weight excluding hydrogens is 569 g/mol. The number of phenolic OH excluding ortho intramolecular Hbond substituents is 1. The van der Waals surface area contributed by atoms with Gasteiger partial charge in [-0.1, -0.05) is 42.5 Å². The number of hydrogen-bond acceptors (Lipinski definition) is 8. The van der Waals surface area contributed by atoms with E-state index in [9.17, 15) is 19.1 Å². The number of nitrogens with two attached hydrogens (primary N) is 1. The molecule has 226 valence electrons. The molecule has 4 aromatic carbocycles. The highest BCUT2D eigenvalue weighted by Gasteiger charge is 2.30. The quantitative estimate of drug-likeness (QED) is 0.112. The molecule has 0 saturated carbocycles. The van der Waals surface area contributed by atoms with E-state index in [1.165, 1.54) is 18.2 Å². The number of halogens is 1. The van der Waals surface area contributed by atoms with Crippen LogP contribution in [0.1, 0.15) is 24.5 Å². The van der Waals surface area contributed by atoms with E-state index in [-0.39, 0.29) is 24.7 Å². The van der Waals surface area contributed by atoms with Crippen molar-refractivity contribution >= 4 is 29.1 Å². The third-order valence-electron chi connectivity index (χ3n) is 6.63. The lowest BCUT2D eigenvalue weighted by Gasteiger charge is -2.28. The lowest BCUT2D eigenvalue weighted by molar-refractivity contribution is -0.111. The van der Waals surface area contributed by atoms with Crippen LogP contribution in [0.25, 0.3) is 0 Å². The molecule has 0 unspecified atom stereocenters. The number of nitrogen functional groups attached to an aromatic ring is 1. The minimum absolute atomic E-state index is 0.0760. The third-order valence-corrected chi connectivity index (χ3v) is 6.63. The first kappa shape index (κ1) is 29.8. The van der Waals surface area contributed by atoms with Gasteiger partial charge in [-0.2, -0.15) is 0 Å². The maximum absolute atomic E-state index is 14.5. The van der Waals surface area contributed by atoms with E-state index in [0.29, 0.717) is 40.7 Å². The highest BCUT2D eigenvalue weighted by molar-refractivity contribution is 6.01. The molecule has 0 saturated heterocycles. The molecule has 1 aliphatic rings. The zero-order valence-corrected chi connectivity index (χ0v) is 23.4. The van der Waals surface area contributed by atoms with Crippen LogP contribution in [0.4, 0.5) is 26.2 Å². The fourth-order valence-electron chi connectivity index (χ4n) is 4.48. The summed E-state index contributed by atoms with van der Waals surface area (Å²) in [4.78, 5) is 25.6. The first-order chi connectivity index (χ1) is 21.4. The van der Waals surface area contributed by atoms with Gasteiger partial charge in [-0.15, -0.1) is 0 Å². The van der Waals surface area contributed by atoms with Crippen molar-refractivity contribution in [2.45, 2.75) is 25.0 Å². The molecule has 0 aromatic heterocycles. The number of amides is 2. The van der Waals surface area contributed by atoms with Crippen LogP contribution in [0.5, 0.6) is 23.0 Å². The zero-order valence-electron chi connectivity index (χ0n) is 23.4. The Labute approximate surface area is 252 Å². The molecule has 0 aliphatic carbocycles. The second-order valence-corrected chi connectivity index (χ2v) is 9.76. The smallest absolute Gasteiger partial charge is 0.412 e. The van der Waals surface area contributed by atoms with Crippen molar-refractivity contribution in [3.63, 3.8) is 0 Å². The summed E-state index contributed by atoms with van der Waals surface area (Å²) in [5, 5.41) is 15.2. The van der Waals surface area contributed by atoms with Crippen LogP contribution in [-0.2, 0) is 9.53 Å². The van der Waals surface area contributed by atoms with Gasteiger partial charge in [-0.3, -0.25) is 10.1 Å². The fourth-order valence-corrected chi connectivity index (χ4v) is 4.48. The first-order valence-corrected chi connectivity index (χ1v) is 13.7. The lowest BCUT2D eigenvalue weighted by atomic mass is 9.99. The molecule has 0 fully saturated rings. The SMILES string of the molecule is Nc1ccccc1NC(=O)/C=C/CC[C@@H](Oc1ccccc1)[C@H](OC(=O)Nc1ccc2c(c1)OCO2)c1ccc(O)c(F)c1. The van der Waals surface area contributed by atoms with Crippen molar-refractivity contribution in [3.8, 4) is 23.0 Å². The van der Waals surface area contributed by atoms with E-state index in [1.807, 2.05) is 6.07 Å². The minimum Gasteiger partial charge on any atom is -0.505 e. The van der Waals surface area contributed by atoms with Gasteiger partial charge >= 0.3 is 6.09 Å². The second kappa shape index (κ2) is 14.0. The summed E-state index contributed by atoms with van der Waals surface area (Å²) in [5.41, 5.74) is 7.47.